The summed E-state index contributed by atoms with van der Waals surface area (Å²) in [6.45, 7) is 7.34. The van der Waals surface area contributed by atoms with Gasteiger partial charge in [-0.2, -0.15) is 0 Å². The van der Waals surface area contributed by atoms with Gasteiger partial charge in [0.25, 0.3) is 0 Å². The number of rotatable bonds is 9. The quantitative estimate of drug-likeness (QED) is 0.349. The molecule has 0 amide bonds. The van der Waals surface area contributed by atoms with Crippen LogP contribution in [-0.2, 0) is 18.4 Å². The fraction of sp³-hybridized carbons (Fsp3) is 0.700. The van der Waals surface area contributed by atoms with Crippen LogP contribution in [0.25, 0.3) is 0 Å². The second-order valence-electron chi connectivity index (χ2n) is 2.91. The summed E-state index contributed by atoms with van der Waals surface area (Å²) in [7, 11) is -3.52. The Hall–Kier alpha value is -0.440. The molecule has 0 aliphatic rings. The number of hydrogen-bond acceptors (Lipinski definition) is 4. The van der Waals surface area contributed by atoms with Gasteiger partial charge in [0.1, 0.15) is 0 Å². The van der Waals surface area contributed by atoms with E-state index in [9.17, 15) is 9.36 Å². The van der Waals surface area contributed by atoms with Crippen LogP contribution < -0.4 is 0 Å². The Morgan fingerprint density at radius 1 is 1.33 bits per heavy atom. The molecule has 0 aromatic heterocycles. The van der Waals surface area contributed by atoms with Crippen LogP contribution >= 0.6 is 7.60 Å². The van der Waals surface area contributed by atoms with Crippen molar-refractivity contribution >= 4 is 13.1 Å². The molecule has 88 valence electrons. The van der Waals surface area contributed by atoms with Crippen molar-refractivity contribution in [3.63, 3.8) is 0 Å². The van der Waals surface area contributed by atoms with Crippen LogP contribution in [0.15, 0.2) is 12.7 Å². The molecule has 0 unspecified atom stereocenters. The summed E-state index contributed by atoms with van der Waals surface area (Å²) in [5.41, 5.74) is -0.437. The van der Waals surface area contributed by atoms with Gasteiger partial charge in [-0.1, -0.05) is 6.08 Å². The highest BCUT2D eigenvalue weighted by Crippen LogP contribution is 2.50. The number of allylic oxidation sites excluding steroid dienone is 1. The second-order valence-corrected chi connectivity index (χ2v) is 4.92. The first-order chi connectivity index (χ1) is 7.10. The van der Waals surface area contributed by atoms with Crippen molar-refractivity contribution < 1.29 is 18.4 Å². The summed E-state index contributed by atoms with van der Waals surface area (Å²) in [4.78, 5) is 11.6. The SMILES string of the molecule is C=CCCCC(=O)P(=O)(OCC)OCC. The Balaban J connectivity index is 4.28. The normalized spacial score (nSPS) is 11.3. The molecule has 0 aromatic carbocycles. The first-order valence-corrected chi connectivity index (χ1v) is 6.68. The van der Waals surface area contributed by atoms with E-state index < -0.39 is 13.1 Å². The van der Waals surface area contributed by atoms with Crippen molar-refractivity contribution in [3.05, 3.63) is 12.7 Å². The molecule has 0 aliphatic carbocycles. The number of carbonyl (C=O) groups excluding carboxylic acids is 1. The molecule has 0 fully saturated rings. The summed E-state index contributed by atoms with van der Waals surface area (Å²) in [5, 5.41) is 0. The Labute approximate surface area is 91.2 Å². The van der Waals surface area contributed by atoms with Crippen molar-refractivity contribution in [2.24, 2.45) is 0 Å². The molecule has 0 bridgehead atoms. The Bertz CT molecular complexity index is 240. The summed E-state index contributed by atoms with van der Waals surface area (Å²) in [6, 6.07) is 0. The van der Waals surface area contributed by atoms with Gasteiger partial charge in [0, 0.05) is 6.42 Å². The molecule has 0 aromatic rings. The maximum absolute atomic E-state index is 11.9. The number of unbranched alkanes of at least 4 members (excludes halogenated alkanes) is 1. The monoisotopic (exact) mass is 234 g/mol. The van der Waals surface area contributed by atoms with Crippen LogP contribution in [0.1, 0.15) is 33.1 Å². The first kappa shape index (κ1) is 14.6. The van der Waals surface area contributed by atoms with Gasteiger partial charge in [-0.3, -0.25) is 9.36 Å². The van der Waals surface area contributed by atoms with E-state index in [0.29, 0.717) is 6.42 Å². The minimum absolute atomic E-state index is 0.212. The molecule has 5 heteroatoms. The molecule has 4 nitrogen and oxygen atoms in total. The fourth-order valence-corrected chi connectivity index (χ4v) is 2.53. The summed E-state index contributed by atoms with van der Waals surface area (Å²) in [5.74, 6) is 0. The second kappa shape index (κ2) is 7.80. The van der Waals surface area contributed by atoms with Crippen molar-refractivity contribution in [1.29, 1.82) is 0 Å². The molecular formula is C10H19O4P. The van der Waals surface area contributed by atoms with Crippen molar-refractivity contribution in [2.75, 3.05) is 13.2 Å². The number of hydrogen-bond donors (Lipinski definition) is 0. The highest BCUT2D eigenvalue weighted by Gasteiger charge is 2.32. The average molecular weight is 234 g/mol. The predicted molar refractivity (Wildman–Crippen MR) is 59.9 cm³/mol. The highest BCUT2D eigenvalue weighted by atomic mass is 31.2. The van der Waals surface area contributed by atoms with E-state index in [-0.39, 0.29) is 19.6 Å². The largest absolute Gasteiger partial charge is 0.396 e. The molecule has 0 saturated heterocycles. The van der Waals surface area contributed by atoms with Crippen molar-refractivity contribution in [1.82, 2.24) is 0 Å². The van der Waals surface area contributed by atoms with Crippen LogP contribution in [0, 0.1) is 0 Å². The minimum Gasteiger partial charge on any atom is -0.303 e. The van der Waals surface area contributed by atoms with E-state index in [1.165, 1.54) is 0 Å². The molecule has 0 rings (SSSR count). The van der Waals surface area contributed by atoms with Gasteiger partial charge in [-0.25, -0.2) is 0 Å². The first-order valence-electron chi connectivity index (χ1n) is 5.14. The molecule has 0 spiro atoms. The third kappa shape index (κ3) is 5.26. The third-order valence-corrected chi connectivity index (χ3v) is 3.73. The minimum atomic E-state index is -3.52. The molecule has 0 atom stereocenters. The maximum atomic E-state index is 11.9. The van der Waals surface area contributed by atoms with Gasteiger partial charge in [-0.05, 0) is 26.7 Å². The molecular weight excluding hydrogens is 215 g/mol. The smallest absolute Gasteiger partial charge is 0.303 e. The fourth-order valence-electron chi connectivity index (χ4n) is 1.06. The highest BCUT2D eigenvalue weighted by molar-refractivity contribution is 7.71. The molecule has 0 aliphatic heterocycles. The van der Waals surface area contributed by atoms with Gasteiger partial charge < -0.3 is 9.05 Å². The van der Waals surface area contributed by atoms with Crippen LogP contribution in [0.2, 0.25) is 0 Å². The zero-order chi connectivity index (χ0) is 11.7. The topological polar surface area (TPSA) is 52.6 Å². The van der Waals surface area contributed by atoms with E-state index in [1.54, 1.807) is 19.9 Å². The Kier molecular flexibility index (Phi) is 7.57. The lowest BCUT2D eigenvalue weighted by Crippen LogP contribution is -2.06. The predicted octanol–water partition coefficient (Wildman–Crippen LogP) is 3.14. The molecule has 0 radical (unpaired) electrons. The zero-order valence-electron chi connectivity index (χ0n) is 9.40. The van der Waals surface area contributed by atoms with Crippen LogP contribution in [0.5, 0.6) is 0 Å². The van der Waals surface area contributed by atoms with Crippen LogP contribution in [-0.4, -0.2) is 18.7 Å². The van der Waals surface area contributed by atoms with E-state index in [2.05, 4.69) is 6.58 Å². The molecule has 0 N–H and O–H groups in total. The summed E-state index contributed by atoms with van der Waals surface area (Å²) >= 11 is 0. The van der Waals surface area contributed by atoms with Gasteiger partial charge in [-0.15, -0.1) is 6.58 Å². The Morgan fingerprint density at radius 2 is 1.87 bits per heavy atom. The zero-order valence-corrected chi connectivity index (χ0v) is 10.3. The molecule has 15 heavy (non-hydrogen) atoms. The van der Waals surface area contributed by atoms with Crippen molar-refractivity contribution in [3.8, 4) is 0 Å². The van der Waals surface area contributed by atoms with Crippen molar-refractivity contribution in [2.45, 2.75) is 33.1 Å². The molecule has 0 heterocycles. The lowest BCUT2D eigenvalue weighted by molar-refractivity contribution is -0.114. The average Bonchev–Trinajstić information content (AvgIpc) is 2.18. The number of carbonyl (C=O) groups is 1. The van der Waals surface area contributed by atoms with E-state index in [4.69, 9.17) is 9.05 Å². The standard InChI is InChI=1S/C10H19O4P/c1-4-7-8-9-10(11)15(12,13-5-2)14-6-3/h4H,1,5-9H2,2-3H3. The lowest BCUT2D eigenvalue weighted by atomic mass is 10.2. The maximum Gasteiger partial charge on any atom is 0.396 e. The molecule has 0 saturated carbocycles. The van der Waals surface area contributed by atoms with Crippen LogP contribution in [0.3, 0.4) is 0 Å². The Morgan fingerprint density at radius 3 is 2.27 bits per heavy atom. The van der Waals surface area contributed by atoms with Crippen LogP contribution in [0.4, 0.5) is 0 Å². The third-order valence-electron chi connectivity index (χ3n) is 1.70. The van der Waals surface area contributed by atoms with E-state index in [0.717, 1.165) is 6.42 Å². The van der Waals surface area contributed by atoms with Gasteiger partial charge in [0.2, 0.25) is 5.52 Å². The van der Waals surface area contributed by atoms with E-state index in [1.807, 2.05) is 0 Å². The summed E-state index contributed by atoms with van der Waals surface area (Å²) < 4.78 is 21.7. The van der Waals surface area contributed by atoms with E-state index >= 15 is 0 Å². The lowest BCUT2D eigenvalue weighted by Gasteiger charge is -2.14. The van der Waals surface area contributed by atoms with Gasteiger partial charge in [0.15, 0.2) is 0 Å². The van der Waals surface area contributed by atoms with Gasteiger partial charge >= 0.3 is 7.60 Å². The van der Waals surface area contributed by atoms with Gasteiger partial charge in [0.05, 0.1) is 13.2 Å². The summed E-state index contributed by atoms with van der Waals surface area (Å²) in [6.07, 6.45) is 3.29.